The van der Waals surface area contributed by atoms with E-state index >= 15 is 0 Å². The minimum Gasteiger partial charge on any atom is -0.486 e. The molecular weight excluding hydrogens is 385 g/mol. The van der Waals surface area contributed by atoms with E-state index in [9.17, 15) is 14.3 Å². The van der Waals surface area contributed by atoms with Crippen molar-refractivity contribution in [2.75, 3.05) is 19.7 Å². The number of rotatable bonds is 7. The summed E-state index contributed by atoms with van der Waals surface area (Å²) in [5, 5.41) is 11.3. The standard InChI is InChI=1S/C24H30FNO4/c1-17(2)14-24(28)12-13-26(15-22(24)30-20-10-8-19(25)9-11-20)23(27)16-29-21-7-5-4-6-18(21)3/h4-11,17,22,28H,12-16H2,1-3H3/t22-,24+/m0/s1. The second-order valence-corrected chi connectivity index (χ2v) is 8.41. The van der Waals surface area contributed by atoms with Gasteiger partial charge in [-0.3, -0.25) is 4.79 Å². The quantitative estimate of drug-likeness (QED) is 0.743. The van der Waals surface area contributed by atoms with Gasteiger partial charge in [-0.25, -0.2) is 4.39 Å². The van der Waals surface area contributed by atoms with Crippen molar-refractivity contribution in [2.24, 2.45) is 5.92 Å². The third-order valence-electron chi connectivity index (χ3n) is 5.45. The maximum absolute atomic E-state index is 13.2. The van der Waals surface area contributed by atoms with Gasteiger partial charge in [0.1, 0.15) is 29.0 Å². The zero-order chi connectivity index (χ0) is 21.7. The van der Waals surface area contributed by atoms with Gasteiger partial charge >= 0.3 is 0 Å². The lowest BCUT2D eigenvalue weighted by atomic mass is 9.81. The molecule has 162 valence electrons. The van der Waals surface area contributed by atoms with Crippen LogP contribution in [0.5, 0.6) is 11.5 Å². The molecule has 1 heterocycles. The van der Waals surface area contributed by atoms with Crippen molar-refractivity contribution in [3.8, 4) is 11.5 Å². The van der Waals surface area contributed by atoms with Crippen molar-refractivity contribution >= 4 is 5.91 Å². The first kappa shape index (κ1) is 22.1. The number of likely N-dealkylation sites (tertiary alicyclic amines) is 1. The highest BCUT2D eigenvalue weighted by Crippen LogP contribution is 2.32. The highest BCUT2D eigenvalue weighted by Gasteiger charge is 2.44. The smallest absolute Gasteiger partial charge is 0.260 e. The van der Waals surface area contributed by atoms with Crippen LogP contribution in [0.2, 0.25) is 0 Å². The largest absolute Gasteiger partial charge is 0.486 e. The Morgan fingerprint density at radius 2 is 1.93 bits per heavy atom. The van der Waals surface area contributed by atoms with E-state index in [-0.39, 0.29) is 30.8 Å². The van der Waals surface area contributed by atoms with E-state index in [1.54, 1.807) is 4.90 Å². The number of carbonyl (C=O) groups excluding carboxylic acids is 1. The minimum atomic E-state index is -1.06. The van der Waals surface area contributed by atoms with Crippen LogP contribution in [0, 0.1) is 18.7 Å². The summed E-state index contributed by atoms with van der Waals surface area (Å²) in [5.41, 5.74) is -0.0938. The fourth-order valence-corrected chi connectivity index (χ4v) is 3.89. The zero-order valence-corrected chi connectivity index (χ0v) is 17.8. The van der Waals surface area contributed by atoms with Gasteiger partial charge in [-0.2, -0.15) is 0 Å². The lowest BCUT2D eigenvalue weighted by molar-refractivity contribution is -0.150. The Morgan fingerprint density at radius 3 is 2.60 bits per heavy atom. The van der Waals surface area contributed by atoms with E-state index in [4.69, 9.17) is 9.47 Å². The maximum Gasteiger partial charge on any atom is 0.260 e. The number of amides is 1. The van der Waals surface area contributed by atoms with Crippen molar-refractivity contribution in [1.82, 2.24) is 4.90 Å². The summed E-state index contributed by atoms with van der Waals surface area (Å²) in [6.07, 6.45) is 0.356. The van der Waals surface area contributed by atoms with Gasteiger partial charge in [-0.05, 0) is 61.6 Å². The van der Waals surface area contributed by atoms with Gasteiger partial charge in [0, 0.05) is 6.54 Å². The van der Waals surface area contributed by atoms with Crippen molar-refractivity contribution in [3.05, 3.63) is 59.9 Å². The molecule has 2 aromatic rings. The van der Waals surface area contributed by atoms with Crippen LogP contribution >= 0.6 is 0 Å². The van der Waals surface area contributed by atoms with Gasteiger partial charge in [0.05, 0.1) is 6.54 Å². The van der Waals surface area contributed by atoms with E-state index in [2.05, 4.69) is 0 Å². The van der Waals surface area contributed by atoms with E-state index in [1.165, 1.54) is 24.3 Å². The molecule has 0 aliphatic carbocycles. The van der Waals surface area contributed by atoms with Crippen LogP contribution in [-0.2, 0) is 4.79 Å². The Hall–Kier alpha value is -2.60. The van der Waals surface area contributed by atoms with Gasteiger partial charge in [-0.1, -0.05) is 32.0 Å². The number of benzene rings is 2. The summed E-state index contributed by atoms with van der Waals surface area (Å²) in [7, 11) is 0. The first-order chi connectivity index (χ1) is 14.3. The Kier molecular flexibility index (Phi) is 6.98. The second kappa shape index (κ2) is 9.47. The number of halogens is 1. The number of piperidine rings is 1. The zero-order valence-electron chi connectivity index (χ0n) is 17.8. The Balaban J connectivity index is 1.69. The third-order valence-corrected chi connectivity index (χ3v) is 5.45. The number of carbonyl (C=O) groups is 1. The van der Waals surface area contributed by atoms with Crippen LogP contribution in [-0.4, -0.2) is 47.3 Å². The molecule has 1 saturated heterocycles. The lowest BCUT2D eigenvalue weighted by Gasteiger charge is -2.45. The summed E-state index contributed by atoms with van der Waals surface area (Å²) in [4.78, 5) is 14.4. The van der Waals surface area contributed by atoms with Gasteiger partial charge in [0.15, 0.2) is 6.61 Å². The number of ether oxygens (including phenoxy) is 2. The SMILES string of the molecule is Cc1ccccc1OCC(=O)N1CC[C@@](O)(CC(C)C)[C@@H](Oc2ccc(F)cc2)C1. The Morgan fingerprint density at radius 1 is 1.23 bits per heavy atom. The van der Waals surface area contributed by atoms with Crippen LogP contribution in [0.25, 0.3) is 0 Å². The van der Waals surface area contributed by atoms with Gasteiger partial charge < -0.3 is 19.5 Å². The summed E-state index contributed by atoms with van der Waals surface area (Å²) in [5.74, 6) is 0.902. The molecule has 1 aliphatic heterocycles. The van der Waals surface area contributed by atoms with Crippen molar-refractivity contribution in [3.63, 3.8) is 0 Å². The predicted molar refractivity (Wildman–Crippen MR) is 113 cm³/mol. The van der Waals surface area contributed by atoms with Crippen molar-refractivity contribution in [1.29, 1.82) is 0 Å². The average molecular weight is 416 g/mol. The minimum absolute atomic E-state index is 0.0727. The average Bonchev–Trinajstić information content (AvgIpc) is 2.70. The molecule has 1 amide bonds. The fraction of sp³-hybridized carbons (Fsp3) is 0.458. The van der Waals surface area contributed by atoms with Gasteiger partial charge in [-0.15, -0.1) is 0 Å². The first-order valence-corrected chi connectivity index (χ1v) is 10.4. The first-order valence-electron chi connectivity index (χ1n) is 10.4. The van der Waals surface area contributed by atoms with Crippen LogP contribution in [0.1, 0.15) is 32.3 Å². The monoisotopic (exact) mass is 415 g/mol. The van der Waals surface area contributed by atoms with E-state index in [1.807, 2.05) is 45.0 Å². The van der Waals surface area contributed by atoms with Gasteiger partial charge in [0.25, 0.3) is 5.91 Å². The fourth-order valence-electron chi connectivity index (χ4n) is 3.89. The van der Waals surface area contributed by atoms with Crippen LogP contribution in [0.4, 0.5) is 4.39 Å². The van der Waals surface area contributed by atoms with Crippen LogP contribution in [0.3, 0.4) is 0 Å². The molecule has 2 atom stereocenters. The number of nitrogens with zero attached hydrogens (tertiary/aromatic N) is 1. The molecule has 3 rings (SSSR count). The van der Waals surface area contributed by atoms with E-state index in [0.29, 0.717) is 30.9 Å². The molecule has 30 heavy (non-hydrogen) atoms. The second-order valence-electron chi connectivity index (χ2n) is 8.41. The van der Waals surface area contributed by atoms with Crippen LogP contribution in [0.15, 0.2) is 48.5 Å². The van der Waals surface area contributed by atoms with E-state index < -0.39 is 11.7 Å². The topological polar surface area (TPSA) is 59.0 Å². The molecular formula is C24H30FNO4. The highest BCUT2D eigenvalue weighted by atomic mass is 19.1. The third kappa shape index (κ3) is 5.51. The number of aryl methyl sites for hydroxylation is 1. The normalized spacial score (nSPS) is 21.5. The summed E-state index contributed by atoms with van der Waals surface area (Å²) < 4.78 is 25.0. The van der Waals surface area contributed by atoms with Crippen molar-refractivity contribution in [2.45, 2.75) is 45.3 Å². The molecule has 0 bridgehead atoms. The summed E-state index contributed by atoms with van der Waals surface area (Å²) in [6, 6.07) is 13.3. The van der Waals surface area contributed by atoms with Gasteiger partial charge in [0.2, 0.25) is 0 Å². The number of para-hydroxylation sites is 1. The van der Waals surface area contributed by atoms with Crippen LogP contribution < -0.4 is 9.47 Å². The number of hydrogen-bond acceptors (Lipinski definition) is 4. The van der Waals surface area contributed by atoms with Crippen molar-refractivity contribution < 1.29 is 23.8 Å². The summed E-state index contributed by atoms with van der Waals surface area (Å²) >= 11 is 0. The highest BCUT2D eigenvalue weighted by molar-refractivity contribution is 5.78. The predicted octanol–water partition coefficient (Wildman–Crippen LogP) is 3.97. The molecule has 2 aromatic carbocycles. The number of aliphatic hydroxyl groups is 1. The number of hydrogen-bond donors (Lipinski definition) is 1. The molecule has 0 spiro atoms. The lowest BCUT2D eigenvalue weighted by Crippen LogP contribution is -2.60. The molecule has 1 aliphatic rings. The molecule has 1 fully saturated rings. The van der Waals surface area contributed by atoms with E-state index in [0.717, 1.165) is 5.56 Å². The molecule has 0 saturated carbocycles. The molecule has 0 aromatic heterocycles. The summed E-state index contributed by atoms with van der Waals surface area (Å²) in [6.45, 7) is 6.62. The molecule has 5 nitrogen and oxygen atoms in total. The molecule has 1 N–H and O–H groups in total. The molecule has 0 radical (unpaired) electrons. The Labute approximate surface area is 177 Å². The molecule has 6 heteroatoms. The maximum atomic E-state index is 13.2. The molecule has 0 unspecified atom stereocenters. The Bertz CT molecular complexity index is 855.